The van der Waals surface area contributed by atoms with Crippen molar-refractivity contribution in [1.82, 2.24) is 24.6 Å². The molecule has 0 unspecified atom stereocenters. The Morgan fingerprint density at radius 1 is 0.500 bits per heavy atom. The zero-order valence-corrected chi connectivity index (χ0v) is 42.7. The van der Waals surface area contributed by atoms with Gasteiger partial charge in [-0.3, -0.25) is 20.2 Å². The van der Waals surface area contributed by atoms with Gasteiger partial charge in [0.15, 0.2) is 0 Å². The molecule has 1 aromatic heterocycles. The highest BCUT2D eigenvalue weighted by atomic mass is 32.2. The Balaban J connectivity index is 0.000000259. The number of nitro benzene ring substituents is 2. The summed E-state index contributed by atoms with van der Waals surface area (Å²) in [5, 5.41) is 30.5. The Morgan fingerprint density at radius 3 is 1.26 bits per heavy atom. The number of benzene rings is 6. The van der Waals surface area contributed by atoms with Crippen LogP contribution in [0.25, 0.3) is 0 Å². The fourth-order valence-corrected chi connectivity index (χ4v) is 8.36. The molecule has 0 aliphatic carbocycles. The first-order chi connectivity index (χ1) is 35.4. The van der Waals surface area contributed by atoms with Crippen LogP contribution in [0.5, 0.6) is 6.01 Å². The smallest absolute Gasteiger partial charge is 0.319 e. The van der Waals surface area contributed by atoms with Crippen LogP contribution in [0, 0.1) is 47.9 Å². The van der Waals surface area contributed by atoms with Crippen LogP contribution in [-0.2, 0) is 42.5 Å². The maximum Gasteiger partial charge on any atom is 0.319 e. The number of hydrogen-bond donors (Lipinski definition) is 2. The summed E-state index contributed by atoms with van der Waals surface area (Å²) in [7, 11) is -7.82. The van der Waals surface area contributed by atoms with Gasteiger partial charge in [0, 0.05) is 46.5 Å². The van der Waals surface area contributed by atoms with Gasteiger partial charge in [-0.2, -0.15) is 46.7 Å². The molecule has 7 aromatic rings. The minimum Gasteiger partial charge on any atom is -0.461 e. The molecule has 0 saturated heterocycles. The highest BCUT2D eigenvalue weighted by molar-refractivity contribution is 7.89. The number of nitrogens with one attached hydrogen (secondary N) is 2. The van der Waals surface area contributed by atoms with E-state index in [1.165, 1.54) is 60.7 Å². The van der Waals surface area contributed by atoms with Crippen molar-refractivity contribution >= 4 is 42.8 Å². The van der Waals surface area contributed by atoms with Crippen LogP contribution >= 0.6 is 0 Å². The van der Waals surface area contributed by atoms with Crippen molar-refractivity contribution in [2.24, 2.45) is 10.2 Å². The summed E-state index contributed by atoms with van der Waals surface area (Å²) in [5.74, 6) is 1.18. The number of rotatable bonds is 22. The number of aryl methyl sites for hydroxylation is 5. The molecule has 0 aliphatic rings. The molecule has 1 heterocycles. The van der Waals surface area contributed by atoms with Crippen LogP contribution in [0.15, 0.2) is 166 Å². The fourth-order valence-electron chi connectivity index (χ4n) is 6.73. The Hall–Kier alpha value is -8.31. The molecule has 0 fully saturated rings. The largest absolute Gasteiger partial charge is 0.461 e. The van der Waals surface area contributed by atoms with Gasteiger partial charge in [-0.25, -0.2) is 4.98 Å². The molecular formula is C52H53N9O11S2. The third kappa shape index (κ3) is 16.1. The van der Waals surface area contributed by atoms with Gasteiger partial charge in [0.1, 0.15) is 18.3 Å². The van der Waals surface area contributed by atoms with Gasteiger partial charge in [-0.05, 0) is 93.8 Å². The molecular weight excluding hydrogens is 991 g/mol. The molecule has 20 nitrogen and oxygen atoms in total. The van der Waals surface area contributed by atoms with E-state index in [1.54, 1.807) is 62.4 Å². The van der Waals surface area contributed by atoms with E-state index < -0.39 is 29.9 Å². The number of sulfonamides is 2. The molecule has 6 aromatic carbocycles. The molecule has 0 radical (unpaired) electrons. The van der Waals surface area contributed by atoms with E-state index in [-0.39, 0.29) is 27.2 Å². The topological polar surface area (TPSA) is 270 Å². The number of hydrogen-bond acceptors (Lipinski definition) is 16. The molecule has 0 bridgehead atoms. The van der Waals surface area contributed by atoms with E-state index in [4.69, 9.17) is 14.2 Å². The van der Waals surface area contributed by atoms with Gasteiger partial charge in [-0.15, -0.1) is 0 Å². The third-order valence-electron chi connectivity index (χ3n) is 10.7. The lowest BCUT2D eigenvalue weighted by atomic mass is 10.0. The van der Waals surface area contributed by atoms with Gasteiger partial charge in [0.05, 0.1) is 57.5 Å². The van der Waals surface area contributed by atoms with Crippen molar-refractivity contribution in [2.45, 2.75) is 57.4 Å². The second-order valence-corrected chi connectivity index (χ2v) is 19.6. The molecule has 0 aliphatic heterocycles. The van der Waals surface area contributed by atoms with Gasteiger partial charge < -0.3 is 14.2 Å². The Bertz CT molecular complexity index is 3290. The number of nitro groups is 2. The van der Waals surface area contributed by atoms with Crippen molar-refractivity contribution in [2.75, 3.05) is 26.4 Å². The summed E-state index contributed by atoms with van der Waals surface area (Å²) < 4.78 is 67.8. The lowest BCUT2D eigenvalue weighted by molar-refractivity contribution is -0.385. The van der Waals surface area contributed by atoms with Crippen LogP contribution in [0.1, 0.15) is 63.1 Å². The Kier molecular flexibility index (Phi) is 19.2. The Morgan fingerprint density at radius 2 is 0.865 bits per heavy atom. The van der Waals surface area contributed by atoms with E-state index in [0.29, 0.717) is 78.4 Å². The second kappa shape index (κ2) is 25.9. The molecule has 22 heteroatoms. The average molecular weight is 1040 g/mol. The predicted octanol–water partition coefficient (Wildman–Crippen LogP) is 8.24. The van der Waals surface area contributed by atoms with Crippen molar-refractivity contribution in [3.05, 3.63) is 222 Å². The van der Waals surface area contributed by atoms with E-state index in [1.807, 2.05) is 57.2 Å². The van der Waals surface area contributed by atoms with Gasteiger partial charge in [-0.1, -0.05) is 90.8 Å². The van der Waals surface area contributed by atoms with Crippen LogP contribution in [-0.4, -0.2) is 79.5 Å². The molecule has 74 heavy (non-hydrogen) atoms. The summed E-state index contributed by atoms with van der Waals surface area (Å²) in [6.45, 7) is 11.0. The monoisotopic (exact) mass is 1040 g/mol. The second-order valence-electron chi connectivity index (χ2n) is 16.3. The van der Waals surface area contributed by atoms with Crippen LogP contribution in [0.3, 0.4) is 0 Å². The number of non-ortho nitro benzene ring substituents is 2. The highest BCUT2D eigenvalue weighted by Crippen LogP contribution is 2.20. The maximum absolute atomic E-state index is 12.9. The maximum atomic E-state index is 12.9. The number of aromatic nitrogens is 3. The van der Waals surface area contributed by atoms with Crippen molar-refractivity contribution in [1.29, 1.82) is 0 Å². The number of nitrogens with zero attached hydrogens (tertiary/aromatic N) is 7. The molecule has 0 amide bonds. The lowest BCUT2D eigenvalue weighted by Gasteiger charge is -2.11. The number of hydrazone groups is 2. The fraction of sp³-hybridized carbons (Fsp3) is 0.212. The first-order valence-corrected chi connectivity index (χ1v) is 25.9. The number of ether oxygens (including phenoxy) is 3. The van der Waals surface area contributed by atoms with E-state index in [2.05, 4.69) is 34.8 Å². The minimum absolute atomic E-state index is 0.0559. The summed E-state index contributed by atoms with van der Waals surface area (Å²) in [5.41, 5.74) is 6.71. The third-order valence-corrected chi connectivity index (χ3v) is 13.2. The Labute approximate surface area is 428 Å². The van der Waals surface area contributed by atoms with Crippen LogP contribution in [0.4, 0.5) is 11.4 Å². The van der Waals surface area contributed by atoms with E-state index in [0.717, 1.165) is 28.7 Å². The summed E-state index contributed by atoms with van der Waals surface area (Å²) >= 11 is 0. The molecule has 384 valence electrons. The highest BCUT2D eigenvalue weighted by Gasteiger charge is 2.18. The van der Waals surface area contributed by atoms with E-state index >= 15 is 0 Å². The minimum atomic E-state index is -3.95. The first-order valence-electron chi connectivity index (χ1n) is 22.9. The summed E-state index contributed by atoms with van der Waals surface area (Å²) in [6.07, 6.45) is 0.865. The standard InChI is InChI=1S/C30H32N6O7S.C22H21N3O4S/c1-21-4-14-28(15-5-21)44(39,40)35-34-29(26-10-12-27(13-11-26)36(37)38)25-8-6-24(7-9-25)20-42-17-16-41-18-19-43-30-32-22(2)31-23(3)33-30;1-3-17-6-8-18(9-7-17)22(19-10-12-20(13-11-19)25(26)27)23-24-30(28,29)21-14-4-16(2)5-15-21/h4-15,35H,16-20H2,1-3H3;4-15,24H,3H2,1-2H3/b34-29+;23-22+. The van der Waals surface area contributed by atoms with Crippen molar-refractivity contribution < 1.29 is 40.9 Å². The molecule has 2 N–H and O–H groups in total. The first kappa shape index (κ1) is 55.0. The van der Waals surface area contributed by atoms with Crippen molar-refractivity contribution in [3.63, 3.8) is 0 Å². The SMILES string of the molecule is CCc1ccc(/C(=N\NS(=O)(=O)c2ccc(C)cc2)c2ccc([N+](=O)[O-])cc2)cc1.Cc1ccc(S(=O)(=O)N/N=C(\c2ccc(COCCOCCOc3nc(C)nc(C)n3)cc2)c2ccc([N+](=O)[O-])cc2)cc1. The summed E-state index contributed by atoms with van der Waals surface area (Å²) in [6, 6.07) is 39.4. The molecule has 0 spiro atoms. The normalized spacial score (nSPS) is 11.8. The van der Waals surface area contributed by atoms with Crippen LogP contribution < -0.4 is 14.4 Å². The lowest BCUT2D eigenvalue weighted by Crippen LogP contribution is -2.21. The van der Waals surface area contributed by atoms with Crippen LogP contribution in [0.2, 0.25) is 0 Å². The molecule has 7 rings (SSSR count). The zero-order valence-electron chi connectivity index (χ0n) is 41.0. The summed E-state index contributed by atoms with van der Waals surface area (Å²) in [4.78, 5) is 38.1. The quantitative estimate of drug-likeness (QED) is 0.0280. The average Bonchev–Trinajstić information content (AvgIpc) is 3.38. The van der Waals surface area contributed by atoms with Gasteiger partial charge in [0.25, 0.3) is 31.4 Å². The predicted molar refractivity (Wildman–Crippen MR) is 278 cm³/mol. The zero-order chi connectivity index (χ0) is 53.3. The molecule has 0 atom stereocenters. The van der Waals surface area contributed by atoms with Gasteiger partial charge >= 0.3 is 6.01 Å². The van der Waals surface area contributed by atoms with Crippen molar-refractivity contribution in [3.8, 4) is 6.01 Å². The molecule has 0 saturated carbocycles. The van der Waals surface area contributed by atoms with E-state index in [9.17, 15) is 37.1 Å². The van der Waals surface area contributed by atoms with Gasteiger partial charge in [0.2, 0.25) is 0 Å².